The van der Waals surface area contributed by atoms with Crippen molar-refractivity contribution in [3.05, 3.63) is 52.9 Å². The van der Waals surface area contributed by atoms with Crippen molar-refractivity contribution >= 4 is 29.9 Å². The molecule has 1 aromatic carbocycles. The van der Waals surface area contributed by atoms with Crippen molar-refractivity contribution in [2.24, 2.45) is 4.99 Å². The summed E-state index contributed by atoms with van der Waals surface area (Å²) in [6.45, 7) is 14.3. The monoisotopic (exact) mass is 539 g/mol. The predicted molar refractivity (Wildman–Crippen MR) is 138 cm³/mol. The van der Waals surface area contributed by atoms with E-state index in [9.17, 15) is 0 Å². The van der Waals surface area contributed by atoms with Crippen LogP contribution in [0.1, 0.15) is 55.3 Å². The Morgan fingerprint density at radius 3 is 2.42 bits per heavy atom. The SMILES string of the molecule is CCNC(=NCCCc1c(C)noc1C)N1CCN(C(CC)c2ccccc2)CC1.I. The number of aromatic nitrogens is 1. The average molecular weight is 540 g/mol. The van der Waals surface area contributed by atoms with Gasteiger partial charge in [0.1, 0.15) is 5.76 Å². The Hall–Kier alpha value is -1.61. The molecule has 1 fully saturated rings. The maximum absolute atomic E-state index is 5.27. The highest BCUT2D eigenvalue weighted by Gasteiger charge is 2.25. The fourth-order valence-electron chi connectivity index (χ4n) is 4.35. The fraction of sp³-hybridized carbons (Fsp3) is 0.583. The van der Waals surface area contributed by atoms with Gasteiger partial charge < -0.3 is 14.7 Å². The van der Waals surface area contributed by atoms with Crippen molar-refractivity contribution < 1.29 is 4.52 Å². The quantitative estimate of drug-likeness (QED) is 0.231. The van der Waals surface area contributed by atoms with Crippen LogP contribution in [0, 0.1) is 13.8 Å². The normalized spacial score (nSPS) is 16.1. The Kier molecular flexibility index (Phi) is 10.8. The van der Waals surface area contributed by atoms with Crippen LogP contribution in [0.15, 0.2) is 39.8 Å². The predicted octanol–water partition coefficient (Wildman–Crippen LogP) is 4.58. The summed E-state index contributed by atoms with van der Waals surface area (Å²) in [6.07, 6.45) is 3.11. The van der Waals surface area contributed by atoms with Crippen molar-refractivity contribution in [3.63, 3.8) is 0 Å². The number of hydrogen-bond acceptors (Lipinski definition) is 4. The standard InChI is InChI=1S/C24H37N5O.HI/c1-5-23(21-11-8-7-9-12-21)28-15-17-29(18-16-28)24(25-6-2)26-14-10-13-22-19(3)27-30-20(22)4;/h7-9,11-12,23H,5-6,10,13-18H2,1-4H3,(H,25,26);1H. The Morgan fingerprint density at radius 1 is 1.13 bits per heavy atom. The van der Waals surface area contributed by atoms with Gasteiger partial charge in [0.05, 0.1) is 5.69 Å². The second-order valence-corrected chi connectivity index (χ2v) is 8.00. The molecular weight excluding hydrogens is 501 g/mol. The lowest BCUT2D eigenvalue weighted by Crippen LogP contribution is -2.53. The number of halogens is 1. The van der Waals surface area contributed by atoms with Crippen molar-refractivity contribution in [1.82, 2.24) is 20.3 Å². The minimum absolute atomic E-state index is 0. The van der Waals surface area contributed by atoms with Gasteiger partial charge in [-0.2, -0.15) is 0 Å². The molecule has 1 aliphatic heterocycles. The first-order valence-corrected chi connectivity index (χ1v) is 11.4. The number of nitrogens with zero attached hydrogens (tertiary/aromatic N) is 4. The minimum atomic E-state index is 0. The molecule has 3 rings (SSSR count). The van der Waals surface area contributed by atoms with Crippen LogP contribution in [0.5, 0.6) is 0 Å². The molecule has 1 unspecified atom stereocenters. The van der Waals surface area contributed by atoms with Crippen LogP contribution in [0.4, 0.5) is 0 Å². The van der Waals surface area contributed by atoms with Crippen LogP contribution >= 0.6 is 24.0 Å². The van der Waals surface area contributed by atoms with Crippen molar-refractivity contribution in [2.45, 2.75) is 53.0 Å². The number of guanidine groups is 1. The molecule has 7 heteroatoms. The van der Waals surface area contributed by atoms with Crippen molar-refractivity contribution in [3.8, 4) is 0 Å². The summed E-state index contributed by atoms with van der Waals surface area (Å²) in [7, 11) is 0. The highest BCUT2D eigenvalue weighted by Crippen LogP contribution is 2.25. The molecule has 0 radical (unpaired) electrons. The van der Waals surface area contributed by atoms with Crippen LogP contribution in [-0.2, 0) is 6.42 Å². The highest BCUT2D eigenvalue weighted by molar-refractivity contribution is 14.0. The van der Waals surface area contributed by atoms with Crippen LogP contribution in [-0.4, -0.2) is 60.2 Å². The lowest BCUT2D eigenvalue weighted by Gasteiger charge is -2.40. The van der Waals surface area contributed by atoms with E-state index in [1.807, 2.05) is 13.8 Å². The second-order valence-electron chi connectivity index (χ2n) is 8.00. The lowest BCUT2D eigenvalue weighted by atomic mass is 10.0. The average Bonchev–Trinajstić information content (AvgIpc) is 3.10. The van der Waals surface area contributed by atoms with E-state index in [2.05, 4.69) is 64.5 Å². The second kappa shape index (κ2) is 13.1. The molecule has 0 bridgehead atoms. The van der Waals surface area contributed by atoms with E-state index in [-0.39, 0.29) is 24.0 Å². The summed E-state index contributed by atoms with van der Waals surface area (Å²) in [5, 5.41) is 7.53. The first-order chi connectivity index (χ1) is 14.6. The molecule has 31 heavy (non-hydrogen) atoms. The largest absolute Gasteiger partial charge is 0.361 e. The number of rotatable bonds is 8. The van der Waals surface area contributed by atoms with Crippen molar-refractivity contribution in [1.29, 1.82) is 0 Å². The Bertz CT molecular complexity index is 780. The Balaban J connectivity index is 0.00000341. The Labute approximate surface area is 204 Å². The van der Waals surface area contributed by atoms with Gasteiger partial charge in [-0.1, -0.05) is 42.4 Å². The zero-order valence-electron chi connectivity index (χ0n) is 19.4. The summed E-state index contributed by atoms with van der Waals surface area (Å²) < 4.78 is 5.27. The smallest absolute Gasteiger partial charge is 0.194 e. The number of piperazine rings is 1. The van der Waals surface area contributed by atoms with Gasteiger partial charge in [0.15, 0.2) is 5.96 Å². The molecule has 0 amide bonds. The molecule has 1 atom stereocenters. The van der Waals surface area contributed by atoms with Gasteiger partial charge in [-0.3, -0.25) is 9.89 Å². The van der Waals surface area contributed by atoms with Gasteiger partial charge in [-0.05, 0) is 45.6 Å². The van der Waals surface area contributed by atoms with E-state index in [0.717, 1.165) is 75.9 Å². The summed E-state index contributed by atoms with van der Waals surface area (Å²) in [4.78, 5) is 9.93. The van der Waals surface area contributed by atoms with Crippen molar-refractivity contribution in [2.75, 3.05) is 39.3 Å². The molecule has 2 heterocycles. The summed E-state index contributed by atoms with van der Waals surface area (Å²) in [6, 6.07) is 11.4. The maximum atomic E-state index is 5.27. The minimum Gasteiger partial charge on any atom is -0.361 e. The number of aliphatic imine (C=N–C) groups is 1. The highest BCUT2D eigenvalue weighted by atomic mass is 127. The first kappa shape index (κ1) is 25.6. The van der Waals surface area contributed by atoms with Gasteiger partial charge in [-0.15, -0.1) is 24.0 Å². The lowest BCUT2D eigenvalue weighted by molar-refractivity contribution is 0.127. The topological polar surface area (TPSA) is 56.9 Å². The number of hydrogen-bond donors (Lipinski definition) is 1. The number of nitrogens with one attached hydrogen (secondary N) is 1. The third-order valence-corrected chi connectivity index (χ3v) is 5.99. The van der Waals surface area contributed by atoms with Gasteiger partial charge in [-0.25, -0.2) is 0 Å². The molecule has 1 aliphatic rings. The van der Waals surface area contributed by atoms with Gasteiger partial charge in [0.2, 0.25) is 0 Å². The van der Waals surface area contributed by atoms with Crippen LogP contribution in [0.25, 0.3) is 0 Å². The van der Waals surface area contributed by atoms with Crippen LogP contribution in [0.3, 0.4) is 0 Å². The van der Waals surface area contributed by atoms with E-state index in [0.29, 0.717) is 6.04 Å². The Morgan fingerprint density at radius 2 is 1.84 bits per heavy atom. The van der Waals surface area contributed by atoms with E-state index >= 15 is 0 Å². The molecule has 1 N–H and O–H groups in total. The zero-order valence-corrected chi connectivity index (χ0v) is 21.8. The van der Waals surface area contributed by atoms with E-state index in [4.69, 9.17) is 9.52 Å². The van der Waals surface area contributed by atoms with E-state index in [1.165, 1.54) is 11.1 Å². The van der Waals surface area contributed by atoms with Gasteiger partial charge in [0, 0.05) is 50.9 Å². The molecule has 1 saturated heterocycles. The van der Waals surface area contributed by atoms with Gasteiger partial charge in [0.25, 0.3) is 0 Å². The summed E-state index contributed by atoms with van der Waals surface area (Å²) >= 11 is 0. The molecule has 0 spiro atoms. The molecular formula is C24H38IN5O. The first-order valence-electron chi connectivity index (χ1n) is 11.4. The fourth-order valence-corrected chi connectivity index (χ4v) is 4.35. The van der Waals surface area contributed by atoms with Crippen LogP contribution < -0.4 is 5.32 Å². The van der Waals surface area contributed by atoms with E-state index in [1.54, 1.807) is 0 Å². The summed E-state index contributed by atoms with van der Waals surface area (Å²) in [5.41, 5.74) is 3.66. The molecule has 2 aromatic rings. The van der Waals surface area contributed by atoms with Crippen LogP contribution in [0.2, 0.25) is 0 Å². The maximum Gasteiger partial charge on any atom is 0.194 e. The third-order valence-electron chi connectivity index (χ3n) is 5.99. The number of benzene rings is 1. The van der Waals surface area contributed by atoms with E-state index < -0.39 is 0 Å². The molecule has 6 nitrogen and oxygen atoms in total. The zero-order chi connectivity index (χ0) is 21.3. The van der Waals surface area contributed by atoms with Gasteiger partial charge >= 0.3 is 0 Å². The molecule has 1 aromatic heterocycles. The molecule has 0 saturated carbocycles. The third kappa shape index (κ3) is 6.94. The summed E-state index contributed by atoms with van der Waals surface area (Å²) in [5.74, 6) is 1.98. The molecule has 172 valence electrons. The molecule has 0 aliphatic carbocycles. The number of aryl methyl sites for hydroxylation is 2.